The van der Waals surface area contributed by atoms with Crippen LogP contribution in [0.1, 0.15) is 10.4 Å². The van der Waals surface area contributed by atoms with Gasteiger partial charge in [0.2, 0.25) is 6.79 Å². The molecule has 0 fully saturated rings. The van der Waals surface area contributed by atoms with Crippen molar-refractivity contribution in [1.82, 2.24) is 10.4 Å². The number of hydrazine groups is 1. The average Bonchev–Trinajstić information content (AvgIpc) is 3.18. The van der Waals surface area contributed by atoms with Gasteiger partial charge < -0.3 is 14.8 Å². The van der Waals surface area contributed by atoms with E-state index < -0.39 is 21.8 Å². The second kappa shape index (κ2) is 7.74. The van der Waals surface area contributed by atoms with E-state index in [1.54, 1.807) is 12.1 Å². The summed E-state index contributed by atoms with van der Waals surface area (Å²) in [5.74, 6) is 5.60. The number of ether oxygens (including phenoxy) is 2. The highest BCUT2D eigenvalue weighted by Gasteiger charge is 2.20. The fourth-order valence-electron chi connectivity index (χ4n) is 2.97. The van der Waals surface area contributed by atoms with Gasteiger partial charge in [0.25, 0.3) is 5.91 Å². The molecule has 1 aliphatic rings. The number of rotatable bonds is 4. The number of carbonyl (C=O) groups is 2. The lowest BCUT2D eigenvalue weighted by Crippen LogP contribution is -2.31. The highest BCUT2D eigenvalue weighted by Crippen LogP contribution is 2.36. The Hall–Kier alpha value is -3.90. The Bertz CT molecular complexity index is 1310. The number of hydrogen-bond acceptors (Lipinski definition) is 8. The molecule has 0 bridgehead atoms. The zero-order valence-corrected chi connectivity index (χ0v) is 16.9. The molecule has 12 heteroatoms. The number of nitrogens with zero attached hydrogens (tertiary/aromatic N) is 1. The summed E-state index contributed by atoms with van der Waals surface area (Å²) in [4.78, 5) is 29.2. The van der Waals surface area contributed by atoms with Gasteiger partial charge in [0.15, 0.2) is 21.3 Å². The van der Waals surface area contributed by atoms with Crippen LogP contribution < -0.4 is 31.4 Å². The summed E-state index contributed by atoms with van der Waals surface area (Å²) in [5, 5.41) is 5.65. The molecule has 3 amide bonds. The van der Waals surface area contributed by atoms with Crippen LogP contribution >= 0.6 is 0 Å². The number of amides is 3. The van der Waals surface area contributed by atoms with Gasteiger partial charge in [-0.3, -0.25) is 15.5 Å². The highest BCUT2D eigenvalue weighted by atomic mass is 32.2. The van der Waals surface area contributed by atoms with E-state index in [1.165, 1.54) is 30.3 Å². The van der Waals surface area contributed by atoms with Crippen LogP contribution in [0.3, 0.4) is 0 Å². The standard InChI is InChI=1S/C19H17N5O6S/c1-31(27,28)12-4-2-11(3-5-12)21-19(26)23-17-13(18(25)24-20)6-10-7-15-16(30-9-29-15)8-14(10)22-17/h2-8H,9,20H2,1H3,(H,24,25)(H2,21,22,23,26). The van der Waals surface area contributed by atoms with Gasteiger partial charge in [-0.2, -0.15) is 0 Å². The van der Waals surface area contributed by atoms with Crippen LogP contribution in [-0.2, 0) is 9.84 Å². The summed E-state index contributed by atoms with van der Waals surface area (Å²) in [6.07, 6.45) is 1.09. The molecular weight excluding hydrogens is 426 g/mol. The maximum absolute atomic E-state index is 12.5. The SMILES string of the molecule is CS(=O)(=O)c1ccc(NC(=O)Nc2nc3cc4c(cc3cc2C(=O)NN)OCO4)cc1. The Kier molecular flexibility index (Phi) is 5.09. The Labute approximate surface area is 176 Å². The molecule has 0 unspecified atom stereocenters. The number of hydrogen-bond donors (Lipinski definition) is 4. The second-order valence-corrected chi connectivity index (χ2v) is 8.65. The minimum absolute atomic E-state index is 0.0282. The third-order valence-corrected chi connectivity index (χ3v) is 5.59. The summed E-state index contributed by atoms with van der Waals surface area (Å²) in [7, 11) is -3.35. The number of aromatic nitrogens is 1. The quantitative estimate of drug-likeness (QED) is 0.269. The maximum atomic E-state index is 12.5. The van der Waals surface area contributed by atoms with E-state index >= 15 is 0 Å². The minimum atomic E-state index is -3.35. The van der Waals surface area contributed by atoms with Crippen LogP contribution in [0, 0.1) is 0 Å². The van der Waals surface area contributed by atoms with Crippen molar-refractivity contribution in [2.75, 3.05) is 23.7 Å². The molecule has 1 aromatic heterocycles. The van der Waals surface area contributed by atoms with Crippen molar-refractivity contribution < 1.29 is 27.5 Å². The summed E-state index contributed by atoms with van der Waals surface area (Å²) >= 11 is 0. The van der Waals surface area contributed by atoms with Crippen molar-refractivity contribution in [3.8, 4) is 11.5 Å². The van der Waals surface area contributed by atoms with Crippen molar-refractivity contribution >= 4 is 44.2 Å². The van der Waals surface area contributed by atoms with Crippen LogP contribution in [0.4, 0.5) is 16.3 Å². The van der Waals surface area contributed by atoms with Crippen LogP contribution in [0.15, 0.2) is 47.4 Å². The Balaban J connectivity index is 1.62. The van der Waals surface area contributed by atoms with Crippen LogP contribution in [0.2, 0.25) is 0 Å². The molecule has 2 heterocycles. The molecule has 1 aliphatic heterocycles. The molecule has 2 aromatic carbocycles. The fraction of sp³-hybridized carbons (Fsp3) is 0.105. The molecule has 3 aromatic rings. The summed E-state index contributed by atoms with van der Waals surface area (Å²) < 4.78 is 33.8. The lowest BCUT2D eigenvalue weighted by molar-refractivity contribution is 0.0954. The number of urea groups is 1. The van der Waals surface area contributed by atoms with Crippen molar-refractivity contribution in [1.29, 1.82) is 0 Å². The number of nitrogen functional groups attached to an aromatic ring is 1. The number of fused-ring (bicyclic) bond motifs is 2. The molecule has 160 valence electrons. The summed E-state index contributed by atoms with van der Waals surface area (Å²) in [6, 6.07) is 9.76. The van der Waals surface area contributed by atoms with Gasteiger partial charge in [0.1, 0.15) is 5.82 Å². The largest absolute Gasteiger partial charge is 0.454 e. The van der Waals surface area contributed by atoms with Gasteiger partial charge in [-0.15, -0.1) is 0 Å². The van der Waals surface area contributed by atoms with Gasteiger partial charge in [-0.1, -0.05) is 0 Å². The van der Waals surface area contributed by atoms with Crippen LogP contribution in [0.5, 0.6) is 11.5 Å². The van der Waals surface area contributed by atoms with Gasteiger partial charge in [-0.05, 0) is 36.4 Å². The molecule has 11 nitrogen and oxygen atoms in total. The Morgan fingerprint density at radius 3 is 2.35 bits per heavy atom. The first-order valence-electron chi connectivity index (χ1n) is 8.88. The highest BCUT2D eigenvalue weighted by molar-refractivity contribution is 7.90. The predicted molar refractivity (Wildman–Crippen MR) is 112 cm³/mol. The lowest BCUT2D eigenvalue weighted by Gasteiger charge is -2.12. The third kappa shape index (κ3) is 4.20. The minimum Gasteiger partial charge on any atom is -0.454 e. The first kappa shape index (κ1) is 20.4. The first-order chi connectivity index (χ1) is 14.7. The van der Waals surface area contributed by atoms with E-state index in [0.717, 1.165) is 6.26 Å². The van der Waals surface area contributed by atoms with E-state index in [0.29, 0.717) is 28.1 Å². The van der Waals surface area contributed by atoms with Crippen molar-refractivity contribution in [2.45, 2.75) is 4.90 Å². The molecule has 0 spiro atoms. The van der Waals surface area contributed by atoms with E-state index in [9.17, 15) is 18.0 Å². The summed E-state index contributed by atoms with van der Waals surface area (Å²) in [6.45, 7) is 0.0768. The average molecular weight is 443 g/mol. The number of anilines is 2. The van der Waals surface area contributed by atoms with Gasteiger partial charge >= 0.3 is 6.03 Å². The zero-order valence-electron chi connectivity index (χ0n) is 16.1. The number of nitrogens with one attached hydrogen (secondary N) is 3. The number of benzene rings is 2. The first-order valence-corrected chi connectivity index (χ1v) is 10.8. The van der Waals surface area contributed by atoms with E-state index in [2.05, 4.69) is 15.6 Å². The normalized spacial score (nSPS) is 12.5. The third-order valence-electron chi connectivity index (χ3n) is 4.46. The topological polar surface area (TPSA) is 162 Å². The van der Waals surface area contributed by atoms with Gasteiger partial charge in [-0.25, -0.2) is 24.0 Å². The van der Waals surface area contributed by atoms with Gasteiger partial charge in [0.05, 0.1) is 16.0 Å². The molecule has 0 saturated carbocycles. The molecular formula is C19H17N5O6S. The number of nitrogens with two attached hydrogens (primary N) is 1. The van der Waals surface area contributed by atoms with Crippen LogP contribution in [0.25, 0.3) is 10.9 Å². The zero-order chi connectivity index (χ0) is 22.2. The Morgan fingerprint density at radius 2 is 1.71 bits per heavy atom. The molecule has 31 heavy (non-hydrogen) atoms. The van der Waals surface area contributed by atoms with Crippen molar-refractivity contribution in [2.24, 2.45) is 5.84 Å². The number of pyridine rings is 1. The van der Waals surface area contributed by atoms with Crippen molar-refractivity contribution in [3.05, 3.63) is 48.0 Å². The molecule has 0 radical (unpaired) electrons. The second-order valence-electron chi connectivity index (χ2n) is 6.63. The number of sulfone groups is 1. The van der Waals surface area contributed by atoms with Crippen LogP contribution in [-0.4, -0.2) is 38.4 Å². The predicted octanol–water partition coefficient (Wildman–Crippen LogP) is 1.61. The molecule has 0 atom stereocenters. The smallest absolute Gasteiger partial charge is 0.324 e. The fourth-order valence-corrected chi connectivity index (χ4v) is 3.60. The van der Waals surface area contributed by atoms with E-state index in [1.807, 2.05) is 5.43 Å². The molecule has 0 aliphatic carbocycles. The van der Waals surface area contributed by atoms with E-state index in [4.69, 9.17) is 15.3 Å². The number of carbonyl (C=O) groups excluding carboxylic acids is 2. The summed E-state index contributed by atoms with van der Waals surface area (Å²) in [5.41, 5.74) is 2.87. The molecule has 4 rings (SSSR count). The molecule has 0 saturated heterocycles. The monoisotopic (exact) mass is 443 g/mol. The maximum Gasteiger partial charge on any atom is 0.324 e. The Morgan fingerprint density at radius 1 is 1.03 bits per heavy atom. The van der Waals surface area contributed by atoms with E-state index in [-0.39, 0.29) is 23.1 Å². The lowest BCUT2D eigenvalue weighted by atomic mass is 10.1. The molecule has 5 N–H and O–H groups in total. The van der Waals surface area contributed by atoms with Gasteiger partial charge in [0, 0.05) is 23.4 Å². The van der Waals surface area contributed by atoms with Crippen molar-refractivity contribution in [3.63, 3.8) is 0 Å².